The Bertz CT molecular complexity index is 1120. The molecule has 1 aromatic carbocycles. The molecular weight excluding hydrogens is 364 g/mol. The SMILES string of the molecule is CCOc1c(/C=C2\CCc3c2nc2ccc(Cl)cn2c3=O)cccc1OC. The molecule has 2 heterocycles. The van der Waals surface area contributed by atoms with Crippen molar-refractivity contribution >= 4 is 28.9 Å². The van der Waals surface area contributed by atoms with E-state index >= 15 is 0 Å². The standard InChI is InChI=1S/C21H19ClN2O3/c1-3-27-20-14(5-4-6-17(20)26-2)11-13-7-9-16-19(13)23-18-10-8-15(22)12-24(18)21(16)25/h4-6,8,10-12H,3,7,9H2,1-2H3/b13-11+. The van der Waals surface area contributed by atoms with Gasteiger partial charge in [0.1, 0.15) is 5.65 Å². The largest absolute Gasteiger partial charge is 0.493 e. The van der Waals surface area contributed by atoms with Crippen molar-refractivity contribution in [3.8, 4) is 11.5 Å². The first-order valence-electron chi connectivity index (χ1n) is 8.84. The normalized spacial score (nSPS) is 14.6. The van der Waals surface area contributed by atoms with E-state index in [-0.39, 0.29) is 5.56 Å². The predicted octanol–water partition coefficient (Wildman–Crippen LogP) is 4.24. The Labute approximate surface area is 161 Å². The number of benzene rings is 1. The minimum Gasteiger partial charge on any atom is -0.493 e. The summed E-state index contributed by atoms with van der Waals surface area (Å²) in [5.41, 5.74) is 3.95. The molecule has 1 aliphatic carbocycles. The van der Waals surface area contributed by atoms with Gasteiger partial charge in [0.15, 0.2) is 11.5 Å². The quantitative estimate of drug-likeness (QED) is 0.677. The molecule has 0 saturated carbocycles. The molecular formula is C21H19ClN2O3. The molecule has 0 saturated heterocycles. The average Bonchev–Trinajstić information content (AvgIpc) is 3.07. The molecule has 0 spiro atoms. The summed E-state index contributed by atoms with van der Waals surface area (Å²) in [5, 5.41) is 0.512. The molecule has 2 aromatic heterocycles. The number of rotatable bonds is 4. The summed E-state index contributed by atoms with van der Waals surface area (Å²) >= 11 is 6.03. The zero-order valence-electron chi connectivity index (χ0n) is 15.2. The van der Waals surface area contributed by atoms with Crippen molar-refractivity contribution in [2.24, 2.45) is 0 Å². The van der Waals surface area contributed by atoms with Gasteiger partial charge in [-0.15, -0.1) is 0 Å². The number of fused-ring (bicyclic) bond motifs is 2. The van der Waals surface area contributed by atoms with Crippen LogP contribution in [0, 0.1) is 0 Å². The fourth-order valence-corrected chi connectivity index (χ4v) is 3.61. The van der Waals surface area contributed by atoms with Crippen molar-refractivity contribution in [2.45, 2.75) is 19.8 Å². The van der Waals surface area contributed by atoms with E-state index in [2.05, 4.69) is 0 Å². The van der Waals surface area contributed by atoms with Gasteiger partial charge in [-0.2, -0.15) is 0 Å². The molecule has 3 aromatic rings. The van der Waals surface area contributed by atoms with E-state index in [9.17, 15) is 4.79 Å². The smallest absolute Gasteiger partial charge is 0.261 e. The van der Waals surface area contributed by atoms with Gasteiger partial charge in [0, 0.05) is 17.3 Å². The molecule has 0 radical (unpaired) electrons. The Hall–Kier alpha value is -2.79. The van der Waals surface area contributed by atoms with Crippen molar-refractivity contribution in [3.63, 3.8) is 0 Å². The fraction of sp³-hybridized carbons (Fsp3) is 0.238. The first-order chi connectivity index (χ1) is 13.1. The van der Waals surface area contributed by atoms with Crippen LogP contribution in [0.2, 0.25) is 5.02 Å². The van der Waals surface area contributed by atoms with E-state index in [0.717, 1.165) is 28.8 Å². The molecule has 27 heavy (non-hydrogen) atoms. The molecule has 0 N–H and O–H groups in total. The zero-order valence-corrected chi connectivity index (χ0v) is 15.9. The molecule has 0 bridgehead atoms. The summed E-state index contributed by atoms with van der Waals surface area (Å²) in [7, 11) is 1.62. The fourth-order valence-electron chi connectivity index (χ4n) is 3.45. The van der Waals surface area contributed by atoms with E-state index < -0.39 is 0 Å². The number of methoxy groups -OCH3 is 1. The van der Waals surface area contributed by atoms with Crippen LogP contribution in [0.15, 0.2) is 41.3 Å². The first-order valence-corrected chi connectivity index (χ1v) is 9.21. The van der Waals surface area contributed by atoms with Gasteiger partial charge >= 0.3 is 0 Å². The van der Waals surface area contributed by atoms with Gasteiger partial charge in [0.05, 0.1) is 24.4 Å². The molecule has 6 heteroatoms. The second-order valence-electron chi connectivity index (χ2n) is 6.30. The highest BCUT2D eigenvalue weighted by Gasteiger charge is 2.23. The number of para-hydroxylation sites is 1. The lowest BCUT2D eigenvalue weighted by Crippen LogP contribution is -2.19. The third-order valence-electron chi connectivity index (χ3n) is 4.68. The number of hydrogen-bond donors (Lipinski definition) is 0. The Morgan fingerprint density at radius 1 is 1.26 bits per heavy atom. The van der Waals surface area contributed by atoms with Gasteiger partial charge in [0.25, 0.3) is 5.56 Å². The third kappa shape index (κ3) is 3.08. The summed E-state index contributed by atoms with van der Waals surface area (Å²) in [4.78, 5) is 17.6. The minimum absolute atomic E-state index is 0.0587. The summed E-state index contributed by atoms with van der Waals surface area (Å²) in [6.45, 7) is 2.48. The maximum Gasteiger partial charge on any atom is 0.261 e. The van der Waals surface area contributed by atoms with Crippen molar-refractivity contribution in [1.82, 2.24) is 9.38 Å². The summed E-state index contributed by atoms with van der Waals surface area (Å²) < 4.78 is 12.7. The first kappa shape index (κ1) is 17.6. The minimum atomic E-state index is -0.0587. The Morgan fingerprint density at radius 3 is 2.89 bits per heavy atom. The van der Waals surface area contributed by atoms with Crippen LogP contribution in [0.1, 0.15) is 30.2 Å². The van der Waals surface area contributed by atoms with Gasteiger partial charge in [-0.3, -0.25) is 9.20 Å². The number of ether oxygens (including phenoxy) is 2. The number of halogens is 1. The average molecular weight is 383 g/mol. The lowest BCUT2D eigenvalue weighted by molar-refractivity contribution is 0.310. The Morgan fingerprint density at radius 2 is 2.11 bits per heavy atom. The number of hydrogen-bond acceptors (Lipinski definition) is 4. The highest BCUT2D eigenvalue weighted by molar-refractivity contribution is 6.30. The van der Waals surface area contributed by atoms with Gasteiger partial charge in [-0.25, -0.2) is 4.98 Å². The highest BCUT2D eigenvalue weighted by atomic mass is 35.5. The Kier molecular flexibility index (Phi) is 4.62. The lowest BCUT2D eigenvalue weighted by atomic mass is 10.1. The number of allylic oxidation sites excluding steroid dienone is 1. The summed E-state index contributed by atoms with van der Waals surface area (Å²) in [5.74, 6) is 1.39. The molecule has 4 rings (SSSR count). The van der Waals surface area contributed by atoms with Gasteiger partial charge in [0.2, 0.25) is 0 Å². The van der Waals surface area contributed by atoms with Crippen LogP contribution >= 0.6 is 11.6 Å². The van der Waals surface area contributed by atoms with Crippen LogP contribution in [0.3, 0.4) is 0 Å². The monoisotopic (exact) mass is 382 g/mol. The van der Waals surface area contributed by atoms with Crippen molar-refractivity contribution in [3.05, 3.63) is 68.7 Å². The van der Waals surface area contributed by atoms with Crippen molar-refractivity contribution in [2.75, 3.05) is 13.7 Å². The van der Waals surface area contributed by atoms with Crippen LogP contribution < -0.4 is 15.0 Å². The highest BCUT2D eigenvalue weighted by Crippen LogP contribution is 2.36. The molecule has 5 nitrogen and oxygen atoms in total. The van der Waals surface area contributed by atoms with Crippen molar-refractivity contribution < 1.29 is 9.47 Å². The van der Waals surface area contributed by atoms with Crippen LogP contribution in [0.25, 0.3) is 17.3 Å². The maximum absolute atomic E-state index is 12.8. The molecule has 138 valence electrons. The Balaban J connectivity index is 1.87. The van der Waals surface area contributed by atoms with E-state index in [4.69, 9.17) is 26.1 Å². The third-order valence-corrected chi connectivity index (χ3v) is 4.90. The molecule has 0 amide bonds. The summed E-state index contributed by atoms with van der Waals surface area (Å²) in [6, 6.07) is 9.28. The second kappa shape index (κ2) is 7.08. The molecule has 0 fully saturated rings. The zero-order chi connectivity index (χ0) is 19.0. The second-order valence-corrected chi connectivity index (χ2v) is 6.74. The van der Waals surface area contributed by atoms with Gasteiger partial charge in [-0.05, 0) is 49.6 Å². The van der Waals surface area contributed by atoms with E-state index in [1.54, 1.807) is 25.4 Å². The van der Waals surface area contributed by atoms with Crippen LogP contribution in [-0.2, 0) is 6.42 Å². The van der Waals surface area contributed by atoms with E-state index in [0.29, 0.717) is 35.2 Å². The van der Waals surface area contributed by atoms with E-state index in [1.165, 1.54) is 4.40 Å². The van der Waals surface area contributed by atoms with Crippen molar-refractivity contribution in [1.29, 1.82) is 0 Å². The summed E-state index contributed by atoms with van der Waals surface area (Å²) in [6.07, 6.45) is 5.07. The number of pyridine rings is 1. The van der Waals surface area contributed by atoms with E-state index in [1.807, 2.05) is 31.2 Å². The van der Waals surface area contributed by atoms with Gasteiger partial charge in [-0.1, -0.05) is 23.7 Å². The molecule has 0 aliphatic heterocycles. The molecule has 1 aliphatic rings. The number of aromatic nitrogens is 2. The number of nitrogens with zero attached hydrogens (tertiary/aromatic N) is 2. The topological polar surface area (TPSA) is 52.8 Å². The maximum atomic E-state index is 12.8. The predicted molar refractivity (Wildman–Crippen MR) is 107 cm³/mol. The molecule has 0 unspecified atom stereocenters. The lowest BCUT2D eigenvalue weighted by Gasteiger charge is -2.12. The molecule has 0 atom stereocenters. The van der Waals surface area contributed by atoms with Gasteiger partial charge < -0.3 is 9.47 Å². The van der Waals surface area contributed by atoms with Crippen LogP contribution in [-0.4, -0.2) is 23.1 Å². The van der Waals surface area contributed by atoms with Crippen LogP contribution in [0.5, 0.6) is 11.5 Å². The van der Waals surface area contributed by atoms with Crippen LogP contribution in [0.4, 0.5) is 0 Å².